The summed E-state index contributed by atoms with van der Waals surface area (Å²) in [6.45, 7) is 7.82. The molecule has 108 valence electrons. The van der Waals surface area contributed by atoms with Gasteiger partial charge in [-0.2, -0.15) is 0 Å². The molecular weight excluding hydrogens is 238 g/mol. The van der Waals surface area contributed by atoms with Crippen molar-refractivity contribution < 1.29 is 9.84 Å². The van der Waals surface area contributed by atoms with E-state index in [0.717, 1.165) is 30.8 Å². The Hall–Kier alpha value is -1.22. The number of ether oxygens (including phenoxy) is 1. The van der Waals surface area contributed by atoms with Crippen molar-refractivity contribution >= 4 is 5.69 Å². The molecule has 1 aromatic carbocycles. The molecule has 0 amide bonds. The van der Waals surface area contributed by atoms with Gasteiger partial charge in [0, 0.05) is 20.2 Å². The van der Waals surface area contributed by atoms with Crippen LogP contribution in [0.3, 0.4) is 0 Å². The number of aliphatic hydroxyl groups is 1. The number of nitrogens with zero attached hydrogens (tertiary/aromatic N) is 1. The van der Waals surface area contributed by atoms with Gasteiger partial charge >= 0.3 is 0 Å². The highest BCUT2D eigenvalue weighted by molar-refractivity contribution is 5.60. The second-order valence-corrected chi connectivity index (χ2v) is 5.99. The van der Waals surface area contributed by atoms with E-state index in [-0.39, 0.29) is 12.0 Å². The van der Waals surface area contributed by atoms with Crippen molar-refractivity contribution in [1.82, 2.24) is 0 Å². The molecule has 0 atom stereocenters. The fourth-order valence-electron chi connectivity index (χ4n) is 2.04. The van der Waals surface area contributed by atoms with Gasteiger partial charge in [0.25, 0.3) is 0 Å². The van der Waals surface area contributed by atoms with Crippen LogP contribution in [0.2, 0.25) is 0 Å². The molecule has 1 N–H and O–H groups in total. The topological polar surface area (TPSA) is 32.7 Å². The van der Waals surface area contributed by atoms with Gasteiger partial charge in [0.05, 0.1) is 12.8 Å². The van der Waals surface area contributed by atoms with E-state index in [1.165, 1.54) is 5.56 Å². The van der Waals surface area contributed by atoms with Crippen LogP contribution in [-0.4, -0.2) is 32.4 Å². The standard InChI is InChI=1S/C16H27NO2/c1-16(2,3)13-8-9-15(19-5)14(12-13)17(4)10-6-7-11-18/h8-9,12,18H,6-7,10-11H2,1-5H3. The molecule has 0 unspecified atom stereocenters. The maximum Gasteiger partial charge on any atom is 0.142 e. The third-order valence-corrected chi connectivity index (χ3v) is 3.36. The molecule has 3 nitrogen and oxygen atoms in total. The molecule has 1 rings (SSSR count). The molecule has 0 aliphatic carbocycles. The normalized spacial score (nSPS) is 11.5. The number of benzene rings is 1. The fraction of sp³-hybridized carbons (Fsp3) is 0.625. The van der Waals surface area contributed by atoms with Crippen LogP contribution >= 0.6 is 0 Å². The SMILES string of the molecule is COc1ccc(C(C)(C)C)cc1N(C)CCCCO. The highest BCUT2D eigenvalue weighted by atomic mass is 16.5. The summed E-state index contributed by atoms with van der Waals surface area (Å²) in [6.07, 6.45) is 1.82. The maximum absolute atomic E-state index is 8.86. The van der Waals surface area contributed by atoms with E-state index in [1.807, 2.05) is 6.07 Å². The highest BCUT2D eigenvalue weighted by Crippen LogP contribution is 2.33. The minimum Gasteiger partial charge on any atom is -0.495 e. The van der Waals surface area contributed by atoms with Crippen LogP contribution in [0.25, 0.3) is 0 Å². The molecule has 0 aliphatic rings. The van der Waals surface area contributed by atoms with Crippen LogP contribution in [0.15, 0.2) is 18.2 Å². The van der Waals surface area contributed by atoms with Crippen molar-refractivity contribution in [2.24, 2.45) is 0 Å². The number of unbranched alkanes of at least 4 members (excludes halogenated alkanes) is 1. The number of hydrogen-bond acceptors (Lipinski definition) is 3. The monoisotopic (exact) mass is 265 g/mol. The molecule has 0 saturated heterocycles. The quantitative estimate of drug-likeness (QED) is 0.802. The van der Waals surface area contributed by atoms with E-state index in [2.05, 4.69) is 44.9 Å². The summed E-state index contributed by atoms with van der Waals surface area (Å²) >= 11 is 0. The lowest BCUT2D eigenvalue weighted by Crippen LogP contribution is -2.21. The Morgan fingerprint density at radius 3 is 2.42 bits per heavy atom. The highest BCUT2D eigenvalue weighted by Gasteiger charge is 2.17. The predicted octanol–water partition coefficient (Wildman–Crippen LogP) is 3.20. The van der Waals surface area contributed by atoms with Crippen molar-refractivity contribution in [3.8, 4) is 5.75 Å². The Labute approximate surface area is 117 Å². The van der Waals surface area contributed by atoms with Gasteiger partial charge in [-0.25, -0.2) is 0 Å². The Bertz CT molecular complexity index is 396. The average molecular weight is 265 g/mol. The van der Waals surface area contributed by atoms with Crippen LogP contribution in [0.5, 0.6) is 5.75 Å². The molecule has 3 heteroatoms. The van der Waals surface area contributed by atoms with E-state index in [4.69, 9.17) is 9.84 Å². The zero-order valence-electron chi connectivity index (χ0n) is 12.9. The smallest absolute Gasteiger partial charge is 0.142 e. The summed E-state index contributed by atoms with van der Waals surface area (Å²) < 4.78 is 5.45. The number of rotatable bonds is 6. The molecule has 0 radical (unpaired) electrons. The minimum atomic E-state index is 0.132. The summed E-state index contributed by atoms with van der Waals surface area (Å²) in [5.41, 5.74) is 2.55. The van der Waals surface area contributed by atoms with Crippen LogP contribution in [0.1, 0.15) is 39.2 Å². The van der Waals surface area contributed by atoms with Crippen molar-refractivity contribution in [3.05, 3.63) is 23.8 Å². The van der Waals surface area contributed by atoms with Gasteiger partial charge in [0.2, 0.25) is 0 Å². The molecule has 0 bridgehead atoms. The maximum atomic E-state index is 8.86. The summed E-state index contributed by atoms with van der Waals surface area (Å²) in [5.74, 6) is 0.902. The lowest BCUT2D eigenvalue weighted by Gasteiger charge is -2.26. The van der Waals surface area contributed by atoms with Crippen LogP contribution in [0, 0.1) is 0 Å². The van der Waals surface area contributed by atoms with E-state index >= 15 is 0 Å². The first-order chi connectivity index (χ1) is 8.90. The average Bonchev–Trinajstić information content (AvgIpc) is 2.37. The molecule has 19 heavy (non-hydrogen) atoms. The molecule has 0 saturated carbocycles. The molecular formula is C16H27NO2. The van der Waals surface area contributed by atoms with Crippen molar-refractivity contribution in [3.63, 3.8) is 0 Å². The van der Waals surface area contributed by atoms with E-state index in [0.29, 0.717) is 0 Å². The summed E-state index contributed by atoms with van der Waals surface area (Å²) in [4.78, 5) is 2.20. The molecule has 1 aromatic rings. The third-order valence-electron chi connectivity index (χ3n) is 3.36. The lowest BCUT2D eigenvalue weighted by atomic mass is 9.86. The van der Waals surface area contributed by atoms with Crippen LogP contribution in [0.4, 0.5) is 5.69 Å². The fourth-order valence-corrected chi connectivity index (χ4v) is 2.04. The van der Waals surface area contributed by atoms with Crippen LogP contribution < -0.4 is 9.64 Å². The number of aliphatic hydroxyl groups excluding tert-OH is 1. The molecule has 0 heterocycles. The first-order valence-electron chi connectivity index (χ1n) is 6.90. The van der Waals surface area contributed by atoms with Gasteiger partial charge in [-0.15, -0.1) is 0 Å². The largest absolute Gasteiger partial charge is 0.495 e. The van der Waals surface area contributed by atoms with Gasteiger partial charge in [0.15, 0.2) is 0 Å². The summed E-state index contributed by atoms with van der Waals surface area (Å²) in [7, 11) is 3.78. The molecule has 0 aliphatic heterocycles. The molecule has 0 spiro atoms. The second-order valence-electron chi connectivity index (χ2n) is 5.99. The predicted molar refractivity (Wildman–Crippen MR) is 81.3 cm³/mol. The van der Waals surface area contributed by atoms with Crippen molar-refractivity contribution in [2.75, 3.05) is 32.2 Å². The van der Waals surface area contributed by atoms with Crippen LogP contribution in [-0.2, 0) is 5.41 Å². The first kappa shape index (κ1) is 15.8. The lowest BCUT2D eigenvalue weighted by molar-refractivity contribution is 0.285. The van der Waals surface area contributed by atoms with E-state index in [9.17, 15) is 0 Å². The third kappa shape index (κ3) is 4.43. The van der Waals surface area contributed by atoms with Crippen molar-refractivity contribution in [1.29, 1.82) is 0 Å². The molecule has 0 fully saturated rings. The summed E-state index contributed by atoms with van der Waals surface area (Å²) in [6, 6.07) is 6.38. The van der Waals surface area contributed by atoms with E-state index in [1.54, 1.807) is 7.11 Å². The second kappa shape index (κ2) is 6.80. The number of methoxy groups -OCH3 is 1. The Morgan fingerprint density at radius 2 is 1.89 bits per heavy atom. The number of hydrogen-bond donors (Lipinski definition) is 1. The van der Waals surface area contributed by atoms with Gasteiger partial charge in [-0.1, -0.05) is 26.8 Å². The minimum absolute atomic E-state index is 0.132. The van der Waals surface area contributed by atoms with Crippen molar-refractivity contribution in [2.45, 2.75) is 39.0 Å². The summed E-state index contributed by atoms with van der Waals surface area (Å²) in [5, 5.41) is 8.86. The Balaban J connectivity index is 2.95. The Morgan fingerprint density at radius 1 is 1.21 bits per heavy atom. The van der Waals surface area contributed by atoms with Gasteiger partial charge in [0.1, 0.15) is 5.75 Å². The van der Waals surface area contributed by atoms with Gasteiger partial charge in [-0.3, -0.25) is 0 Å². The van der Waals surface area contributed by atoms with Gasteiger partial charge in [-0.05, 0) is 36.0 Å². The molecule has 0 aromatic heterocycles. The van der Waals surface area contributed by atoms with Gasteiger partial charge < -0.3 is 14.7 Å². The Kier molecular flexibility index (Phi) is 5.67. The van der Waals surface area contributed by atoms with E-state index < -0.39 is 0 Å². The zero-order valence-corrected chi connectivity index (χ0v) is 12.9. The zero-order chi connectivity index (χ0) is 14.5. The number of anilines is 1. The first-order valence-corrected chi connectivity index (χ1v) is 6.90.